The van der Waals surface area contributed by atoms with Gasteiger partial charge in [0.1, 0.15) is 0 Å². The Bertz CT molecular complexity index is 399. The molecular weight excluding hydrogens is 235 g/mol. The van der Waals surface area contributed by atoms with Crippen LogP contribution in [0.5, 0.6) is 5.75 Å². The Balaban J connectivity index is 2.13. The molecule has 0 unspecified atom stereocenters. The van der Waals surface area contributed by atoms with Crippen molar-refractivity contribution >= 4 is 18.9 Å². The third-order valence-electron chi connectivity index (χ3n) is 3.42. The van der Waals surface area contributed by atoms with Crippen LogP contribution in [0.25, 0.3) is 0 Å². The van der Waals surface area contributed by atoms with Crippen LogP contribution < -0.4 is 15.4 Å². The molecule has 0 aliphatic carbocycles. The maximum atomic E-state index is 10.1. The Morgan fingerprint density at radius 2 is 2.00 bits per heavy atom. The Kier molecular flexibility index (Phi) is 3.45. The zero-order chi connectivity index (χ0) is 12.5. The summed E-state index contributed by atoms with van der Waals surface area (Å²) in [7, 11) is -0.267. The number of methoxy groups -OCH3 is 1. The summed E-state index contributed by atoms with van der Waals surface area (Å²) in [4.78, 5) is 12.3. The van der Waals surface area contributed by atoms with Crippen molar-refractivity contribution in [3.63, 3.8) is 0 Å². The van der Waals surface area contributed by atoms with Gasteiger partial charge in [0.05, 0.1) is 0 Å². The number of rotatable bonds is 2. The van der Waals surface area contributed by atoms with Crippen LogP contribution >= 0.6 is 7.49 Å². The summed E-state index contributed by atoms with van der Waals surface area (Å²) >= 11 is 0. The van der Waals surface area contributed by atoms with Gasteiger partial charge in [-0.1, -0.05) is 0 Å². The van der Waals surface area contributed by atoms with Gasteiger partial charge in [-0.15, -0.1) is 0 Å². The Hall–Kier alpha value is -0.990. The summed E-state index contributed by atoms with van der Waals surface area (Å²) in [6.45, 7) is 3.88. The van der Waals surface area contributed by atoms with Crippen LogP contribution in [-0.2, 0) is 0 Å². The van der Waals surface area contributed by atoms with Gasteiger partial charge in [0, 0.05) is 0 Å². The zero-order valence-corrected chi connectivity index (χ0v) is 11.4. The second-order valence-corrected chi connectivity index (χ2v) is 8.90. The first kappa shape index (κ1) is 12.5. The summed E-state index contributed by atoms with van der Waals surface area (Å²) in [5.74, 6) is 0.720. The first-order chi connectivity index (χ1) is 8.02. The van der Waals surface area contributed by atoms with Gasteiger partial charge in [-0.25, -0.2) is 0 Å². The van der Waals surface area contributed by atoms with Gasteiger partial charge in [-0.05, 0) is 0 Å². The van der Waals surface area contributed by atoms with Crippen molar-refractivity contribution < 1.29 is 9.63 Å². The average molecular weight is 256 g/mol. The van der Waals surface area contributed by atoms with E-state index in [4.69, 9.17) is 10.5 Å². The Morgan fingerprint density at radius 3 is 2.59 bits per heavy atom. The number of nitrogens with two attached hydrogens (primary N) is 1. The number of nitrogen functional groups attached to an aromatic ring is 1. The van der Waals surface area contributed by atoms with E-state index >= 15 is 0 Å². The molecule has 1 aliphatic heterocycles. The van der Waals surface area contributed by atoms with E-state index in [1.54, 1.807) is 7.11 Å². The van der Waals surface area contributed by atoms with Crippen LogP contribution in [0, 0.1) is 0 Å². The van der Waals surface area contributed by atoms with Crippen LogP contribution in [0.4, 0.5) is 11.4 Å². The van der Waals surface area contributed by atoms with Crippen molar-refractivity contribution in [2.24, 2.45) is 0 Å². The van der Waals surface area contributed by atoms with E-state index in [9.17, 15) is 4.89 Å². The molecule has 0 spiro atoms. The van der Waals surface area contributed by atoms with E-state index in [1.165, 1.54) is 0 Å². The molecule has 3 N–H and O–H groups in total. The van der Waals surface area contributed by atoms with Crippen molar-refractivity contribution in [2.45, 2.75) is 0 Å². The minimum absolute atomic E-state index is 0.662. The molecule has 0 bridgehead atoms. The van der Waals surface area contributed by atoms with Gasteiger partial charge >= 0.3 is 102 Å². The predicted octanol–water partition coefficient (Wildman–Crippen LogP) is 1.38. The molecule has 0 radical (unpaired) electrons. The molecule has 1 heterocycles. The molecule has 0 atom stereocenters. The first-order valence-electron chi connectivity index (χ1n) is 5.93. The SMILES string of the molecule is COc1cc(N2CC[PH](C)(O)CC2)ccc1N. The predicted molar refractivity (Wildman–Crippen MR) is 75.8 cm³/mol. The van der Waals surface area contributed by atoms with Crippen LogP contribution in [0.15, 0.2) is 18.2 Å². The fourth-order valence-corrected chi connectivity index (χ4v) is 3.90. The quantitative estimate of drug-likeness (QED) is 0.620. The second kappa shape index (κ2) is 4.71. The van der Waals surface area contributed by atoms with Crippen LogP contribution in [0.1, 0.15) is 0 Å². The van der Waals surface area contributed by atoms with E-state index in [0.29, 0.717) is 5.69 Å². The first-order valence-corrected chi connectivity index (χ1v) is 8.79. The number of nitrogens with zero attached hydrogens (tertiary/aromatic N) is 1. The van der Waals surface area contributed by atoms with Crippen molar-refractivity contribution in [1.82, 2.24) is 0 Å². The molecule has 0 aromatic heterocycles. The molecule has 17 heavy (non-hydrogen) atoms. The molecule has 1 aromatic carbocycles. The third kappa shape index (κ3) is 2.82. The molecular formula is C12H21N2O2P. The average Bonchev–Trinajstić information content (AvgIpc) is 2.30. The number of hydrogen-bond donors (Lipinski definition) is 2. The van der Waals surface area contributed by atoms with Crippen molar-refractivity contribution in [3.05, 3.63) is 18.2 Å². The topological polar surface area (TPSA) is 58.7 Å². The van der Waals surface area contributed by atoms with Crippen LogP contribution in [-0.4, -0.2) is 44.1 Å². The molecule has 1 aliphatic rings. The van der Waals surface area contributed by atoms with Crippen molar-refractivity contribution in [2.75, 3.05) is 49.8 Å². The van der Waals surface area contributed by atoms with Gasteiger partial charge in [-0.3, -0.25) is 0 Å². The minimum atomic E-state index is -1.90. The summed E-state index contributed by atoms with van der Waals surface area (Å²) in [5, 5.41) is 0. The van der Waals surface area contributed by atoms with E-state index in [2.05, 4.69) is 4.90 Å². The molecule has 0 saturated carbocycles. The fourth-order valence-electron chi connectivity index (χ4n) is 2.14. The number of ether oxygens (including phenoxy) is 1. The molecule has 2 rings (SSSR count). The maximum absolute atomic E-state index is 10.1. The molecule has 0 amide bonds. The Labute approximate surface area is 103 Å². The van der Waals surface area contributed by atoms with Gasteiger partial charge in [0.15, 0.2) is 0 Å². The van der Waals surface area contributed by atoms with Gasteiger partial charge < -0.3 is 0 Å². The zero-order valence-electron chi connectivity index (χ0n) is 10.4. The van der Waals surface area contributed by atoms with Crippen LogP contribution in [0.3, 0.4) is 0 Å². The van der Waals surface area contributed by atoms with E-state index < -0.39 is 7.49 Å². The molecule has 1 fully saturated rings. The van der Waals surface area contributed by atoms with Gasteiger partial charge in [-0.2, -0.15) is 0 Å². The van der Waals surface area contributed by atoms with Crippen molar-refractivity contribution in [1.29, 1.82) is 0 Å². The van der Waals surface area contributed by atoms with E-state index in [1.807, 2.05) is 24.9 Å². The molecule has 1 saturated heterocycles. The van der Waals surface area contributed by atoms with E-state index in [0.717, 1.165) is 36.9 Å². The van der Waals surface area contributed by atoms with Gasteiger partial charge in [0.2, 0.25) is 0 Å². The molecule has 96 valence electrons. The van der Waals surface area contributed by atoms with E-state index in [-0.39, 0.29) is 0 Å². The third-order valence-corrected chi connectivity index (χ3v) is 6.02. The number of hydrogen-bond acceptors (Lipinski definition) is 4. The molecule has 4 nitrogen and oxygen atoms in total. The molecule has 5 heteroatoms. The standard InChI is InChI=1S/C12H21N2O2P/c1-16-12-9-10(3-4-11(12)13)14-5-7-17(2,15)8-6-14/h3-4,9,15,17H,5-8,13H2,1-2H3. The number of anilines is 2. The summed E-state index contributed by atoms with van der Waals surface area (Å²) in [6.07, 6.45) is 1.86. The van der Waals surface area contributed by atoms with Crippen molar-refractivity contribution in [3.8, 4) is 5.75 Å². The summed E-state index contributed by atoms with van der Waals surface area (Å²) in [6, 6.07) is 5.86. The normalized spacial score (nSPS) is 21.0. The number of benzene rings is 1. The summed E-state index contributed by atoms with van der Waals surface area (Å²) < 4.78 is 5.23. The monoisotopic (exact) mass is 256 g/mol. The second-order valence-electron chi connectivity index (χ2n) is 4.91. The van der Waals surface area contributed by atoms with Crippen LogP contribution in [0.2, 0.25) is 0 Å². The fraction of sp³-hybridized carbons (Fsp3) is 0.500. The molecule has 1 aromatic rings. The summed E-state index contributed by atoms with van der Waals surface area (Å²) in [5.41, 5.74) is 7.58. The Morgan fingerprint density at radius 1 is 1.35 bits per heavy atom. The van der Waals surface area contributed by atoms with Gasteiger partial charge in [0.25, 0.3) is 0 Å².